The highest BCUT2D eigenvalue weighted by Crippen LogP contribution is 2.41. The molecule has 40 heavy (non-hydrogen) atoms. The molecule has 2 fully saturated rings. The van der Waals surface area contributed by atoms with Crippen LogP contribution in [0.4, 0.5) is 0 Å². The van der Waals surface area contributed by atoms with E-state index in [0.29, 0.717) is 18.4 Å². The fraction of sp³-hybridized carbons (Fsp3) is 0.774. The number of aryl methyl sites for hydroxylation is 1. The van der Waals surface area contributed by atoms with E-state index in [-0.39, 0.29) is 5.97 Å². The van der Waals surface area contributed by atoms with E-state index in [4.69, 9.17) is 9.72 Å². The number of H-pyrrole nitrogens is 1. The number of carbonyl (C=O) groups excluding carboxylic acids is 1. The molecule has 2 aromatic rings. The van der Waals surface area contributed by atoms with Crippen molar-refractivity contribution < 1.29 is 9.53 Å². The van der Waals surface area contributed by atoms with Crippen molar-refractivity contribution in [2.45, 2.75) is 104 Å². The number of carbonyl (C=O) groups is 1. The Labute approximate surface area is 241 Å². The van der Waals surface area contributed by atoms with Crippen LogP contribution in [0, 0.1) is 5.41 Å². The molecule has 0 radical (unpaired) electrons. The molecule has 2 aliphatic rings. The highest BCUT2D eigenvalue weighted by Gasteiger charge is 2.40. The number of hydrogen-bond donors (Lipinski definition) is 1. The molecule has 1 spiro atoms. The maximum Gasteiger partial charge on any atom is 0.305 e. The minimum absolute atomic E-state index is 0.105. The quantitative estimate of drug-likeness (QED) is 0.224. The van der Waals surface area contributed by atoms with Gasteiger partial charge in [-0.05, 0) is 96.4 Å². The Morgan fingerprint density at radius 3 is 2.55 bits per heavy atom. The van der Waals surface area contributed by atoms with Gasteiger partial charge in [-0.25, -0.2) is 9.97 Å². The number of aromatic amines is 1. The van der Waals surface area contributed by atoms with Gasteiger partial charge >= 0.3 is 5.97 Å². The van der Waals surface area contributed by atoms with E-state index in [2.05, 4.69) is 49.3 Å². The molecule has 2 aromatic heterocycles. The van der Waals surface area contributed by atoms with Crippen LogP contribution in [0.2, 0.25) is 0 Å². The molecule has 9 nitrogen and oxygen atoms in total. The van der Waals surface area contributed by atoms with Gasteiger partial charge in [0.1, 0.15) is 11.6 Å². The molecule has 0 bridgehead atoms. The molecule has 1 N–H and O–H groups in total. The second-order valence-corrected chi connectivity index (χ2v) is 11.9. The van der Waals surface area contributed by atoms with Crippen molar-refractivity contribution in [1.82, 2.24) is 34.2 Å². The SMILES string of the molecule is CCOC(=O)CCCCN(Cc1ncc[nH]1)Cc1nccn1CCCN1CCC2(CCN(C(CC)CC)CC2)C1. The van der Waals surface area contributed by atoms with Crippen LogP contribution in [0.3, 0.4) is 0 Å². The van der Waals surface area contributed by atoms with Crippen LogP contribution in [0.5, 0.6) is 0 Å². The van der Waals surface area contributed by atoms with Crippen LogP contribution < -0.4 is 0 Å². The topological polar surface area (TPSA) is 82.5 Å². The number of piperidine rings is 1. The van der Waals surface area contributed by atoms with Crippen LogP contribution >= 0.6 is 0 Å². The van der Waals surface area contributed by atoms with Crippen molar-refractivity contribution in [1.29, 1.82) is 0 Å². The predicted molar refractivity (Wildman–Crippen MR) is 159 cm³/mol. The minimum Gasteiger partial charge on any atom is -0.466 e. The average molecular weight is 556 g/mol. The highest BCUT2D eigenvalue weighted by molar-refractivity contribution is 5.69. The lowest BCUT2D eigenvalue weighted by atomic mass is 9.77. The summed E-state index contributed by atoms with van der Waals surface area (Å²) in [6.07, 6.45) is 17.8. The number of ether oxygens (including phenoxy) is 1. The lowest BCUT2D eigenvalue weighted by Crippen LogP contribution is -2.45. The maximum absolute atomic E-state index is 11.7. The monoisotopic (exact) mass is 555 g/mol. The number of rotatable bonds is 17. The number of imidazole rings is 2. The number of likely N-dealkylation sites (tertiary alicyclic amines) is 2. The predicted octanol–water partition coefficient (Wildman–Crippen LogP) is 4.71. The molecule has 9 heteroatoms. The van der Waals surface area contributed by atoms with Crippen molar-refractivity contribution in [3.63, 3.8) is 0 Å². The standard InChI is InChI=1S/C31H53N7O2/c1-4-27(5-2)37-21-12-31(13-22-37)11-20-35(26-31)18-9-19-38-23-16-34-29(38)25-36(24-28-32-14-15-33-28)17-8-7-10-30(39)40-6-3/h14-16,23,27H,4-13,17-22,24-26H2,1-3H3,(H,32,33). The molecule has 224 valence electrons. The first-order chi connectivity index (χ1) is 19.5. The fourth-order valence-electron chi connectivity index (χ4n) is 6.80. The third-order valence-corrected chi connectivity index (χ3v) is 9.21. The number of unbranched alkanes of at least 4 members (excludes halogenated alkanes) is 1. The summed E-state index contributed by atoms with van der Waals surface area (Å²) in [7, 11) is 0. The van der Waals surface area contributed by atoms with E-state index in [0.717, 1.165) is 63.1 Å². The third kappa shape index (κ3) is 8.88. The van der Waals surface area contributed by atoms with Gasteiger partial charge in [-0.3, -0.25) is 9.69 Å². The Kier molecular flexibility index (Phi) is 12.0. The van der Waals surface area contributed by atoms with Crippen molar-refractivity contribution in [2.24, 2.45) is 5.41 Å². The largest absolute Gasteiger partial charge is 0.466 e. The van der Waals surface area contributed by atoms with Gasteiger partial charge in [0.15, 0.2) is 0 Å². The van der Waals surface area contributed by atoms with Crippen LogP contribution in [-0.2, 0) is 29.2 Å². The first kappa shape index (κ1) is 30.7. The van der Waals surface area contributed by atoms with Gasteiger partial charge in [-0.1, -0.05) is 13.8 Å². The minimum atomic E-state index is -0.105. The average Bonchev–Trinajstić information content (AvgIpc) is 3.72. The summed E-state index contributed by atoms with van der Waals surface area (Å²) in [5.74, 6) is 1.95. The zero-order valence-electron chi connectivity index (χ0n) is 25.3. The van der Waals surface area contributed by atoms with Gasteiger partial charge in [0.25, 0.3) is 0 Å². The molecule has 0 amide bonds. The smallest absolute Gasteiger partial charge is 0.305 e. The Balaban J connectivity index is 1.22. The lowest BCUT2D eigenvalue weighted by molar-refractivity contribution is -0.143. The number of nitrogens with zero attached hydrogens (tertiary/aromatic N) is 6. The Hall–Kier alpha value is -2.23. The Morgan fingerprint density at radius 1 is 1.02 bits per heavy atom. The molecule has 0 aromatic carbocycles. The van der Waals surface area contributed by atoms with E-state index in [1.807, 2.05) is 19.3 Å². The molecule has 4 rings (SSSR count). The normalized spacial score (nSPS) is 17.9. The molecular weight excluding hydrogens is 502 g/mol. The van der Waals surface area contributed by atoms with Gasteiger partial charge in [-0.15, -0.1) is 0 Å². The highest BCUT2D eigenvalue weighted by atomic mass is 16.5. The van der Waals surface area contributed by atoms with Gasteiger partial charge in [0.05, 0.1) is 19.7 Å². The molecule has 2 aliphatic heterocycles. The van der Waals surface area contributed by atoms with Crippen molar-refractivity contribution in [3.8, 4) is 0 Å². The summed E-state index contributed by atoms with van der Waals surface area (Å²) in [5.41, 5.74) is 0.558. The van der Waals surface area contributed by atoms with Gasteiger partial charge in [0, 0.05) is 50.3 Å². The third-order valence-electron chi connectivity index (χ3n) is 9.21. The van der Waals surface area contributed by atoms with Crippen LogP contribution in [0.25, 0.3) is 0 Å². The van der Waals surface area contributed by atoms with Crippen molar-refractivity contribution in [2.75, 3.05) is 45.9 Å². The zero-order chi connectivity index (χ0) is 28.2. The van der Waals surface area contributed by atoms with Gasteiger partial charge in [-0.2, -0.15) is 0 Å². The summed E-state index contributed by atoms with van der Waals surface area (Å²) >= 11 is 0. The van der Waals surface area contributed by atoms with Crippen molar-refractivity contribution in [3.05, 3.63) is 36.4 Å². The van der Waals surface area contributed by atoms with Gasteiger partial charge in [0.2, 0.25) is 0 Å². The second-order valence-electron chi connectivity index (χ2n) is 11.9. The number of nitrogens with one attached hydrogen (secondary N) is 1. The maximum atomic E-state index is 11.7. The van der Waals surface area contributed by atoms with E-state index >= 15 is 0 Å². The van der Waals surface area contributed by atoms with Crippen LogP contribution in [-0.4, -0.2) is 92.1 Å². The second kappa shape index (κ2) is 15.7. The molecule has 0 aliphatic carbocycles. The fourth-order valence-corrected chi connectivity index (χ4v) is 6.80. The Bertz CT molecular complexity index is 980. The molecule has 0 saturated carbocycles. The number of aromatic nitrogens is 4. The molecule has 2 saturated heterocycles. The summed E-state index contributed by atoms with van der Waals surface area (Å²) in [6.45, 7) is 16.7. The molecular formula is C31H53N7O2. The van der Waals surface area contributed by atoms with E-state index < -0.39 is 0 Å². The Morgan fingerprint density at radius 2 is 1.82 bits per heavy atom. The first-order valence-corrected chi connectivity index (χ1v) is 15.9. The number of hydrogen-bond acceptors (Lipinski definition) is 7. The van der Waals surface area contributed by atoms with E-state index in [9.17, 15) is 4.79 Å². The molecule has 0 unspecified atom stereocenters. The first-order valence-electron chi connectivity index (χ1n) is 15.9. The van der Waals surface area contributed by atoms with E-state index in [1.54, 1.807) is 6.20 Å². The van der Waals surface area contributed by atoms with Crippen LogP contribution in [0.1, 0.15) is 90.2 Å². The molecule has 0 atom stereocenters. The lowest BCUT2D eigenvalue weighted by Gasteiger charge is -2.42. The summed E-state index contributed by atoms with van der Waals surface area (Å²) in [4.78, 5) is 31.9. The summed E-state index contributed by atoms with van der Waals surface area (Å²) in [5, 5.41) is 0. The van der Waals surface area contributed by atoms with Gasteiger partial charge < -0.3 is 24.1 Å². The number of esters is 1. The van der Waals surface area contributed by atoms with E-state index in [1.165, 1.54) is 64.8 Å². The molecule has 4 heterocycles. The zero-order valence-corrected chi connectivity index (χ0v) is 25.3. The van der Waals surface area contributed by atoms with Crippen LogP contribution in [0.15, 0.2) is 24.8 Å². The summed E-state index contributed by atoms with van der Waals surface area (Å²) in [6, 6.07) is 0.777. The summed E-state index contributed by atoms with van der Waals surface area (Å²) < 4.78 is 7.40. The van der Waals surface area contributed by atoms with Crippen molar-refractivity contribution >= 4 is 5.97 Å².